The van der Waals surface area contributed by atoms with E-state index in [1.807, 2.05) is 51.3 Å². The molecule has 1 aliphatic heterocycles. The molecule has 0 bridgehead atoms. The lowest BCUT2D eigenvalue weighted by Gasteiger charge is -2.34. The highest BCUT2D eigenvalue weighted by Crippen LogP contribution is 2.25. The molecule has 7 nitrogen and oxygen atoms in total. The van der Waals surface area contributed by atoms with E-state index in [1.54, 1.807) is 23.7 Å². The van der Waals surface area contributed by atoms with Gasteiger partial charge >= 0.3 is 6.09 Å². The molecule has 1 aliphatic rings. The van der Waals surface area contributed by atoms with E-state index in [-0.39, 0.29) is 30.4 Å². The summed E-state index contributed by atoms with van der Waals surface area (Å²) in [7, 11) is 1.64. The standard InChI is InChI=1S/C21H31N3O4S/c1-21(2,3)28-20(27)24-12-10-15(11-13-24)19(26)23(4)14-18(25)22-16-8-6-7-9-17(16)29-5/h6-9,15H,10-14H2,1-5H3,(H,22,25). The van der Waals surface area contributed by atoms with E-state index >= 15 is 0 Å². The van der Waals surface area contributed by atoms with Gasteiger partial charge in [-0.05, 0) is 52.0 Å². The summed E-state index contributed by atoms with van der Waals surface area (Å²) >= 11 is 1.55. The quantitative estimate of drug-likeness (QED) is 0.737. The first-order chi connectivity index (χ1) is 13.6. The Hall–Kier alpha value is -2.22. The molecular formula is C21H31N3O4S. The molecule has 1 N–H and O–H groups in total. The van der Waals surface area contributed by atoms with Gasteiger partial charge in [-0.25, -0.2) is 4.79 Å². The second kappa shape index (κ2) is 10.0. The Morgan fingerprint density at radius 3 is 2.41 bits per heavy atom. The number of rotatable bonds is 5. The first kappa shape index (κ1) is 23.1. The molecule has 0 aromatic heterocycles. The highest BCUT2D eigenvalue weighted by molar-refractivity contribution is 7.98. The molecule has 0 atom stereocenters. The van der Waals surface area contributed by atoms with Gasteiger partial charge in [-0.1, -0.05) is 12.1 Å². The highest BCUT2D eigenvalue weighted by Gasteiger charge is 2.31. The van der Waals surface area contributed by atoms with Gasteiger partial charge in [0.1, 0.15) is 5.60 Å². The van der Waals surface area contributed by atoms with Crippen LogP contribution < -0.4 is 5.32 Å². The number of para-hydroxylation sites is 1. The molecule has 29 heavy (non-hydrogen) atoms. The van der Waals surface area contributed by atoms with Crippen molar-refractivity contribution >= 4 is 35.4 Å². The summed E-state index contributed by atoms with van der Waals surface area (Å²) in [6.45, 7) is 6.45. The summed E-state index contributed by atoms with van der Waals surface area (Å²) < 4.78 is 5.39. The number of benzene rings is 1. The van der Waals surface area contributed by atoms with Gasteiger partial charge in [-0.2, -0.15) is 0 Å². The van der Waals surface area contributed by atoms with Crippen LogP contribution in [-0.2, 0) is 14.3 Å². The van der Waals surface area contributed by atoms with Gasteiger partial charge in [-0.3, -0.25) is 9.59 Å². The Bertz CT molecular complexity index is 740. The van der Waals surface area contributed by atoms with Crippen molar-refractivity contribution in [3.05, 3.63) is 24.3 Å². The molecule has 0 saturated carbocycles. The van der Waals surface area contributed by atoms with Crippen molar-refractivity contribution in [2.24, 2.45) is 5.92 Å². The summed E-state index contributed by atoms with van der Waals surface area (Å²) in [5.74, 6) is -0.486. The number of nitrogens with one attached hydrogen (secondary N) is 1. The molecule has 1 saturated heterocycles. The van der Waals surface area contributed by atoms with E-state index in [4.69, 9.17) is 4.74 Å². The van der Waals surface area contributed by atoms with Crippen molar-refractivity contribution in [1.82, 2.24) is 9.80 Å². The lowest BCUT2D eigenvalue weighted by molar-refractivity contribution is -0.138. The lowest BCUT2D eigenvalue weighted by atomic mass is 9.95. The minimum Gasteiger partial charge on any atom is -0.444 e. The van der Waals surface area contributed by atoms with Gasteiger partial charge < -0.3 is 19.9 Å². The molecular weight excluding hydrogens is 390 g/mol. The van der Waals surface area contributed by atoms with E-state index in [0.29, 0.717) is 25.9 Å². The predicted molar refractivity (Wildman–Crippen MR) is 115 cm³/mol. The predicted octanol–water partition coefficient (Wildman–Crippen LogP) is 3.45. The highest BCUT2D eigenvalue weighted by atomic mass is 32.2. The molecule has 1 fully saturated rings. The van der Waals surface area contributed by atoms with E-state index in [9.17, 15) is 14.4 Å². The fourth-order valence-electron chi connectivity index (χ4n) is 3.18. The zero-order valence-corrected chi connectivity index (χ0v) is 18.7. The van der Waals surface area contributed by atoms with Crippen LogP contribution in [0, 0.1) is 5.92 Å². The maximum absolute atomic E-state index is 12.7. The van der Waals surface area contributed by atoms with E-state index < -0.39 is 5.60 Å². The van der Waals surface area contributed by atoms with Crippen molar-refractivity contribution in [1.29, 1.82) is 0 Å². The van der Waals surface area contributed by atoms with Gasteiger partial charge in [0.2, 0.25) is 11.8 Å². The number of anilines is 1. The molecule has 0 spiro atoms. The number of ether oxygens (including phenoxy) is 1. The second-order valence-corrected chi connectivity index (χ2v) is 9.03. The third-order valence-corrected chi connectivity index (χ3v) is 5.43. The van der Waals surface area contributed by atoms with Crippen LogP contribution in [0.15, 0.2) is 29.2 Å². The molecule has 8 heteroatoms. The number of likely N-dealkylation sites (tertiary alicyclic amines) is 1. The smallest absolute Gasteiger partial charge is 0.410 e. The van der Waals surface area contributed by atoms with Crippen molar-refractivity contribution in [3.8, 4) is 0 Å². The van der Waals surface area contributed by atoms with Crippen LogP contribution >= 0.6 is 11.8 Å². The number of likely N-dealkylation sites (N-methyl/N-ethyl adjacent to an activating group) is 1. The largest absolute Gasteiger partial charge is 0.444 e. The van der Waals surface area contributed by atoms with Crippen LogP contribution in [0.5, 0.6) is 0 Å². The molecule has 1 aromatic carbocycles. The topological polar surface area (TPSA) is 79.0 Å². The van der Waals surface area contributed by atoms with Gasteiger partial charge in [0.15, 0.2) is 0 Å². The van der Waals surface area contributed by atoms with Crippen molar-refractivity contribution < 1.29 is 19.1 Å². The number of amides is 3. The van der Waals surface area contributed by atoms with E-state index in [0.717, 1.165) is 10.6 Å². The SMILES string of the molecule is CSc1ccccc1NC(=O)CN(C)C(=O)C1CCN(C(=O)OC(C)(C)C)CC1. The van der Waals surface area contributed by atoms with Crippen LogP contribution in [0.2, 0.25) is 0 Å². The monoisotopic (exact) mass is 421 g/mol. The van der Waals surface area contributed by atoms with Gasteiger partial charge in [0.25, 0.3) is 0 Å². The summed E-state index contributed by atoms with van der Waals surface area (Å²) in [5.41, 5.74) is 0.211. The Morgan fingerprint density at radius 1 is 1.21 bits per heavy atom. The number of piperidine rings is 1. The Kier molecular flexibility index (Phi) is 7.96. The fourth-order valence-corrected chi connectivity index (χ4v) is 3.73. The minimum atomic E-state index is -0.535. The normalized spacial score (nSPS) is 15.0. The number of carbonyl (C=O) groups excluding carboxylic acids is 3. The summed E-state index contributed by atoms with van der Waals surface area (Å²) in [5, 5.41) is 2.87. The third-order valence-electron chi connectivity index (χ3n) is 4.63. The number of hydrogen-bond donors (Lipinski definition) is 1. The Balaban J connectivity index is 1.83. The Labute approximate surface area is 177 Å². The van der Waals surface area contributed by atoms with Gasteiger partial charge in [0, 0.05) is 31.0 Å². The minimum absolute atomic E-state index is 0.00612. The molecule has 0 unspecified atom stereocenters. The maximum Gasteiger partial charge on any atom is 0.410 e. The van der Waals surface area contributed by atoms with Crippen LogP contribution in [0.1, 0.15) is 33.6 Å². The maximum atomic E-state index is 12.7. The molecule has 0 radical (unpaired) electrons. The number of hydrogen-bond acceptors (Lipinski definition) is 5. The van der Waals surface area contributed by atoms with Crippen LogP contribution in [0.3, 0.4) is 0 Å². The van der Waals surface area contributed by atoms with E-state index in [2.05, 4.69) is 5.32 Å². The van der Waals surface area contributed by atoms with Crippen LogP contribution in [0.25, 0.3) is 0 Å². The first-order valence-electron chi connectivity index (χ1n) is 9.76. The average molecular weight is 422 g/mol. The number of carbonyl (C=O) groups is 3. The molecule has 1 heterocycles. The fraction of sp³-hybridized carbons (Fsp3) is 0.571. The van der Waals surface area contributed by atoms with Crippen LogP contribution in [-0.4, -0.2) is 66.2 Å². The van der Waals surface area contributed by atoms with Crippen molar-refractivity contribution in [2.45, 2.75) is 44.1 Å². The number of nitrogens with zero attached hydrogens (tertiary/aromatic N) is 2. The van der Waals surface area contributed by atoms with E-state index in [1.165, 1.54) is 4.90 Å². The van der Waals surface area contributed by atoms with Crippen LogP contribution in [0.4, 0.5) is 10.5 Å². The summed E-state index contributed by atoms with van der Waals surface area (Å²) in [6.07, 6.45) is 2.74. The molecule has 3 amide bonds. The van der Waals surface area contributed by atoms with Crippen molar-refractivity contribution in [3.63, 3.8) is 0 Å². The zero-order valence-electron chi connectivity index (χ0n) is 17.9. The summed E-state index contributed by atoms with van der Waals surface area (Å²) in [4.78, 5) is 41.3. The average Bonchev–Trinajstić information content (AvgIpc) is 2.66. The molecule has 160 valence electrons. The summed E-state index contributed by atoms with van der Waals surface area (Å²) in [6, 6.07) is 7.56. The molecule has 0 aliphatic carbocycles. The zero-order chi connectivity index (χ0) is 21.6. The van der Waals surface area contributed by atoms with Gasteiger partial charge in [-0.15, -0.1) is 11.8 Å². The molecule has 1 aromatic rings. The van der Waals surface area contributed by atoms with Gasteiger partial charge in [0.05, 0.1) is 12.2 Å². The third kappa shape index (κ3) is 6.96. The first-order valence-corrected chi connectivity index (χ1v) is 11.0. The second-order valence-electron chi connectivity index (χ2n) is 8.18. The molecule has 2 rings (SSSR count). The lowest BCUT2D eigenvalue weighted by Crippen LogP contribution is -2.46. The van der Waals surface area contributed by atoms with Crippen molar-refractivity contribution in [2.75, 3.05) is 38.3 Å². The number of thioether (sulfide) groups is 1. The Morgan fingerprint density at radius 2 is 1.83 bits per heavy atom.